The second-order valence-electron chi connectivity index (χ2n) is 6.79. The van der Waals surface area contributed by atoms with Gasteiger partial charge in [-0.25, -0.2) is 4.98 Å². The number of rotatable bonds is 6. The lowest BCUT2D eigenvalue weighted by Crippen LogP contribution is -2.33. The quantitative estimate of drug-likeness (QED) is 0.665. The van der Waals surface area contributed by atoms with Crippen LogP contribution < -0.4 is 5.32 Å². The first-order chi connectivity index (χ1) is 12.8. The zero-order chi connectivity index (χ0) is 17.8. The van der Waals surface area contributed by atoms with E-state index in [1.807, 2.05) is 24.3 Å². The molecule has 1 saturated carbocycles. The van der Waals surface area contributed by atoms with Crippen LogP contribution in [0, 0.1) is 0 Å². The molecule has 1 amide bonds. The van der Waals surface area contributed by atoms with Crippen molar-refractivity contribution in [1.29, 1.82) is 0 Å². The summed E-state index contributed by atoms with van der Waals surface area (Å²) in [6, 6.07) is 18.9. The van der Waals surface area contributed by atoms with Gasteiger partial charge in [0.1, 0.15) is 0 Å². The molecule has 26 heavy (non-hydrogen) atoms. The van der Waals surface area contributed by atoms with E-state index in [0.717, 1.165) is 35.6 Å². The van der Waals surface area contributed by atoms with Crippen LogP contribution in [-0.2, 0) is 11.3 Å². The Morgan fingerprint density at radius 3 is 2.62 bits per heavy atom. The summed E-state index contributed by atoms with van der Waals surface area (Å²) in [5, 5.41) is 4.05. The summed E-state index contributed by atoms with van der Waals surface area (Å²) < 4.78 is 2.21. The van der Waals surface area contributed by atoms with E-state index in [1.165, 1.54) is 30.2 Å². The normalized spacial score (nSPS) is 14.8. The highest BCUT2D eigenvalue weighted by Gasteiger charge is 2.18. The van der Waals surface area contributed by atoms with Crippen LogP contribution in [0.5, 0.6) is 0 Å². The molecule has 0 aliphatic heterocycles. The molecule has 1 aliphatic carbocycles. The Kier molecular flexibility index (Phi) is 5.25. The summed E-state index contributed by atoms with van der Waals surface area (Å²) in [4.78, 5) is 17.0. The number of nitrogens with zero attached hydrogens (tertiary/aromatic N) is 2. The van der Waals surface area contributed by atoms with Gasteiger partial charge < -0.3 is 9.88 Å². The van der Waals surface area contributed by atoms with Crippen LogP contribution in [0.25, 0.3) is 11.0 Å². The highest BCUT2D eigenvalue weighted by molar-refractivity contribution is 7.99. The summed E-state index contributed by atoms with van der Waals surface area (Å²) in [6.07, 6.45) is 4.68. The summed E-state index contributed by atoms with van der Waals surface area (Å²) in [6.45, 7) is 0.758. The van der Waals surface area contributed by atoms with Crippen LogP contribution in [0.3, 0.4) is 0 Å². The van der Waals surface area contributed by atoms with E-state index in [9.17, 15) is 4.79 Å². The Hall–Kier alpha value is -2.27. The van der Waals surface area contributed by atoms with Crippen molar-refractivity contribution in [1.82, 2.24) is 14.9 Å². The standard InChI is InChI=1S/C21H23N3OS/c25-20(22-17-10-4-5-11-17)15-26-21-23-18-12-6-7-13-19(18)24(21)14-16-8-2-1-3-9-16/h1-3,6-9,12-13,17H,4-5,10-11,14-15H2,(H,22,25). The number of nitrogens with one attached hydrogen (secondary N) is 1. The number of carbonyl (C=O) groups is 1. The monoisotopic (exact) mass is 365 g/mol. The first-order valence-corrected chi connectivity index (χ1v) is 10.2. The molecule has 1 N–H and O–H groups in total. The van der Waals surface area contributed by atoms with E-state index >= 15 is 0 Å². The Labute approximate surface area is 158 Å². The molecular weight excluding hydrogens is 342 g/mol. The fourth-order valence-corrected chi connectivity index (χ4v) is 4.38. The van der Waals surface area contributed by atoms with Gasteiger partial charge in [-0.2, -0.15) is 0 Å². The molecule has 0 radical (unpaired) electrons. The lowest BCUT2D eigenvalue weighted by atomic mass is 10.2. The van der Waals surface area contributed by atoms with Crippen molar-refractivity contribution in [3.8, 4) is 0 Å². The number of fused-ring (bicyclic) bond motifs is 1. The minimum atomic E-state index is 0.111. The third kappa shape index (κ3) is 3.93. The predicted octanol–water partition coefficient (Wildman–Crippen LogP) is 4.24. The van der Waals surface area contributed by atoms with E-state index in [2.05, 4.69) is 40.2 Å². The zero-order valence-corrected chi connectivity index (χ0v) is 15.5. The van der Waals surface area contributed by atoms with Gasteiger partial charge in [-0.3, -0.25) is 4.79 Å². The molecule has 1 aliphatic rings. The molecule has 0 saturated heterocycles. The van der Waals surface area contributed by atoms with Crippen molar-refractivity contribution in [2.45, 2.75) is 43.4 Å². The van der Waals surface area contributed by atoms with Gasteiger partial charge in [-0.05, 0) is 30.5 Å². The van der Waals surface area contributed by atoms with Crippen LogP contribution in [0.1, 0.15) is 31.2 Å². The van der Waals surface area contributed by atoms with Gasteiger partial charge in [-0.1, -0.05) is 67.1 Å². The minimum absolute atomic E-state index is 0.111. The van der Waals surface area contributed by atoms with Crippen LogP contribution in [0.15, 0.2) is 59.8 Å². The fourth-order valence-electron chi connectivity index (χ4n) is 3.55. The fraction of sp³-hybridized carbons (Fsp3) is 0.333. The number of benzene rings is 2. The number of amides is 1. The van der Waals surface area contributed by atoms with Crippen molar-refractivity contribution in [2.24, 2.45) is 0 Å². The highest BCUT2D eigenvalue weighted by Crippen LogP contribution is 2.25. The average Bonchev–Trinajstić information content (AvgIpc) is 3.29. The topological polar surface area (TPSA) is 46.9 Å². The van der Waals surface area contributed by atoms with Crippen molar-refractivity contribution in [2.75, 3.05) is 5.75 Å². The van der Waals surface area contributed by atoms with Gasteiger partial charge in [0.05, 0.1) is 23.3 Å². The predicted molar refractivity (Wildman–Crippen MR) is 106 cm³/mol. The SMILES string of the molecule is O=C(CSc1nc2ccccc2n1Cc1ccccc1)NC1CCCC1. The molecule has 1 aromatic heterocycles. The summed E-state index contributed by atoms with van der Waals surface area (Å²) in [5.74, 6) is 0.523. The number of hydrogen-bond acceptors (Lipinski definition) is 3. The van der Waals surface area contributed by atoms with Crippen LogP contribution in [-0.4, -0.2) is 27.3 Å². The van der Waals surface area contributed by atoms with E-state index in [1.54, 1.807) is 0 Å². The first-order valence-electron chi connectivity index (χ1n) is 9.21. The molecule has 3 aromatic rings. The summed E-state index contributed by atoms with van der Waals surface area (Å²) in [5.41, 5.74) is 3.31. The third-order valence-electron chi connectivity index (χ3n) is 4.86. The Morgan fingerprint density at radius 1 is 1.08 bits per heavy atom. The largest absolute Gasteiger partial charge is 0.353 e. The lowest BCUT2D eigenvalue weighted by molar-refractivity contribution is -0.119. The molecule has 4 nitrogen and oxygen atoms in total. The molecule has 0 spiro atoms. The smallest absolute Gasteiger partial charge is 0.230 e. The molecule has 134 valence electrons. The molecule has 1 fully saturated rings. The van der Waals surface area contributed by atoms with Gasteiger partial charge in [0.2, 0.25) is 5.91 Å². The molecule has 1 heterocycles. The van der Waals surface area contributed by atoms with Gasteiger partial charge in [0, 0.05) is 6.04 Å². The number of thioether (sulfide) groups is 1. The van der Waals surface area contributed by atoms with Crippen LogP contribution in [0.2, 0.25) is 0 Å². The van der Waals surface area contributed by atoms with E-state index < -0.39 is 0 Å². The van der Waals surface area contributed by atoms with Crippen molar-refractivity contribution in [3.63, 3.8) is 0 Å². The molecule has 0 unspecified atom stereocenters. The number of para-hydroxylation sites is 2. The molecule has 0 bridgehead atoms. The van der Waals surface area contributed by atoms with Gasteiger partial charge in [0.25, 0.3) is 0 Å². The van der Waals surface area contributed by atoms with Crippen LogP contribution >= 0.6 is 11.8 Å². The maximum atomic E-state index is 12.3. The summed E-state index contributed by atoms with van der Waals surface area (Å²) in [7, 11) is 0. The first kappa shape index (κ1) is 17.2. The zero-order valence-electron chi connectivity index (χ0n) is 14.7. The number of aromatic nitrogens is 2. The second kappa shape index (κ2) is 7.96. The van der Waals surface area contributed by atoms with Crippen molar-refractivity contribution < 1.29 is 4.79 Å². The number of carbonyl (C=O) groups excluding carboxylic acids is 1. The van der Waals surface area contributed by atoms with Crippen LogP contribution in [0.4, 0.5) is 0 Å². The molecule has 5 heteroatoms. The van der Waals surface area contributed by atoms with Gasteiger partial charge >= 0.3 is 0 Å². The van der Waals surface area contributed by atoms with Gasteiger partial charge in [-0.15, -0.1) is 0 Å². The molecular formula is C21H23N3OS. The second-order valence-corrected chi connectivity index (χ2v) is 7.73. The van der Waals surface area contributed by atoms with Gasteiger partial charge in [0.15, 0.2) is 5.16 Å². The maximum Gasteiger partial charge on any atom is 0.230 e. The van der Waals surface area contributed by atoms with E-state index in [0.29, 0.717) is 11.8 Å². The Bertz CT molecular complexity index is 885. The van der Waals surface area contributed by atoms with Crippen molar-refractivity contribution >= 4 is 28.7 Å². The molecule has 2 aromatic carbocycles. The van der Waals surface area contributed by atoms with Crippen molar-refractivity contribution in [3.05, 3.63) is 60.2 Å². The Morgan fingerprint density at radius 2 is 1.81 bits per heavy atom. The maximum absolute atomic E-state index is 12.3. The highest BCUT2D eigenvalue weighted by atomic mass is 32.2. The third-order valence-corrected chi connectivity index (χ3v) is 5.83. The summed E-state index contributed by atoms with van der Waals surface area (Å²) >= 11 is 1.52. The number of imidazole rings is 1. The average molecular weight is 366 g/mol. The molecule has 4 rings (SSSR count). The number of hydrogen-bond donors (Lipinski definition) is 1. The molecule has 0 atom stereocenters. The minimum Gasteiger partial charge on any atom is -0.353 e. The van der Waals surface area contributed by atoms with E-state index in [-0.39, 0.29) is 5.91 Å². The van der Waals surface area contributed by atoms with E-state index in [4.69, 9.17) is 4.98 Å². The lowest BCUT2D eigenvalue weighted by Gasteiger charge is -2.12. The Balaban J connectivity index is 1.52.